The summed E-state index contributed by atoms with van der Waals surface area (Å²) < 4.78 is 59.2. The van der Waals surface area contributed by atoms with Crippen molar-refractivity contribution in [2.24, 2.45) is 0 Å². The van der Waals surface area contributed by atoms with Crippen LogP contribution in [0.2, 0.25) is 0 Å². The van der Waals surface area contributed by atoms with Gasteiger partial charge in [0.15, 0.2) is 0 Å². The van der Waals surface area contributed by atoms with Crippen LogP contribution in [-0.4, -0.2) is 21.9 Å². The van der Waals surface area contributed by atoms with Gasteiger partial charge in [0.2, 0.25) is 0 Å². The molecule has 0 rings (SSSR count). The van der Waals surface area contributed by atoms with Crippen molar-refractivity contribution >= 4 is 0 Å². The van der Waals surface area contributed by atoms with Crippen LogP contribution in [-0.2, 0) is 49.1 Å². The molecule has 104 valence electrons. The van der Waals surface area contributed by atoms with Crippen LogP contribution in [0.15, 0.2) is 0 Å². The maximum atomic E-state index is 9.42. The quantitative estimate of drug-likeness (QED) is 0.414. The average molecular weight is 412 g/mol. The Morgan fingerprint density at radius 3 is 0.800 bits per heavy atom. The van der Waals surface area contributed by atoms with Crippen LogP contribution in [0, 0.1) is 0 Å². The predicted molar refractivity (Wildman–Crippen MR) is 30.3 cm³/mol. The SMILES string of the molecule is O.O.O.O.[NH4+].[NH4+].[O]=[Mo](=[O])([O-])[O][Mo](=[O])(=[O])[O-]. The fourth-order valence-corrected chi connectivity index (χ4v) is 3.57. The van der Waals surface area contributed by atoms with E-state index in [2.05, 4.69) is 2.04 Å². The van der Waals surface area contributed by atoms with Gasteiger partial charge in [-0.25, -0.2) is 0 Å². The number of hydrogen-bond acceptors (Lipinski definition) is 7. The van der Waals surface area contributed by atoms with E-state index in [1.54, 1.807) is 0 Å². The second-order valence-corrected chi connectivity index (χ2v) is 7.21. The topological polar surface area (TPSA) is 323 Å². The summed E-state index contributed by atoms with van der Waals surface area (Å²) in [4.78, 5) is 0. The Kier molecular flexibility index (Phi) is 43.2. The fraction of sp³-hybridized carbons (Fsp3) is 0. The van der Waals surface area contributed by atoms with E-state index in [1.807, 2.05) is 0 Å². The third-order valence-electron chi connectivity index (χ3n) is 0.167. The maximum absolute atomic E-state index is 9.42. The van der Waals surface area contributed by atoms with Crippen molar-refractivity contribution in [3.8, 4) is 0 Å². The molecule has 0 aromatic heterocycles. The summed E-state index contributed by atoms with van der Waals surface area (Å²) in [5.74, 6) is 0. The third-order valence-corrected chi connectivity index (χ3v) is 5.83. The molecule has 0 atom stereocenters. The molecule has 0 spiro atoms. The van der Waals surface area contributed by atoms with Gasteiger partial charge in [0.25, 0.3) is 0 Å². The molecule has 13 nitrogen and oxygen atoms in total. The molecule has 0 aliphatic rings. The van der Waals surface area contributed by atoms with Crippen molar-refractivity contribution in [1.29, 1.82) is 0 Å². The van der Waals surface area contributed by atoms with Gasteiger partial charge in [0.05, 0.1) is 0 Å². The third kappa shape index (κ3) is 54.9. The van der Waals surface area contributed by atoms with Gasteiger partial charge in [-0.15, -0.1) is 0 Å². The van der Waals surface area contributed by atoms with Crippen molar-refractivity contribution in [3.63, 3.8) is 0 Å². The first-order chi connectivity index (χ1) is 3.71. The summed E-state index contributed by atoms with van der Waals surface area (Å²) in [6.45, 7) is 0. The summed E-state index contributed by atoms with van der Waals surface area (Å²) in [5, 5.41) is 0. The second-order valence-electron chi connectivity index (χ2n) is 0.885. The van der Waals surface area contributed by atoms with Gasteiger partial charge in [0, 0.05) is 0 Å². The summed E-state index contributed by atoms with van der Waals surface area (Å²) in [7, 11) is 0. The molecule has 15 heteroatoms. The van der Waals surface area contributed by atoms with Crippen molar-refractivity contribution in [3.05, 3.63) is 0 Å². The van der Waals surface area contributed by atoms with Crippen LogP contribution in [0.1, 0.15) is 0 Å². The molecular formula is H16Mo2N2O11. The van der Waals surface area contributed by atoms with Gasteiger partial charge in [-0.05, 0) is 0 Å². The molecule has 0 fully saturated rings. The average Bonchev–Trinajstić information content (AvgIpc) is 1.14. The van der Waals surface area contributed by atoms with Crippen LogP contribution >= 0.6 is 0 Å². The second kappa shape index (κ2) is 14.2. The summed E-state index contributed by atoms with van der Waals surface area (Å²) in [6.07, 6.45) is 0. The predicted octanol–water partition coefficient (Wildman–Crippen LogP) is -5.47. The molecule has 0 aromatic carbocycles. The van der Waals surface area contributed by atoms with E-state index in [0.29, 0.717) is 0 Å². The van der Waals surface area contributed by atoms with Crippen molar-refractivity contribution < 1.29 is 78.6 Å². The van der Waals surface area contributed by atoms with Crippen LogP contribution in [0.4, 0.5) is 0 Å². The van der Waals surface area contributed by atoms with E-state index in [1.165, 1.54) is 0 Å². The van der Waals surface area contributed by atoms with E-state index >= 15 is 0 Å². The zero-order valence-electron chi connectivity index (χ0n) is 7.67. The Labute approximate surface area is 90.9 Å². The molecule has 0 aromatic rings. The van der Waals surface area contributed by atoms with E-state index in [9.17, 15) is 21.1 Å². The molecule has 16 N–H and O–H groups in total. The minimum atomic E-state index is -6.37. The van der Waals surface area contributed by atoms with Crippen molar-refractivity contribution in [2.45, 2.75) is 0 Å². The van der Waals surface area contributed by atoms with Crippen LogP contribution in [0.5, 0.6) is 0 Å². The van der Waals surface area contributed by atoms with Gasteiger partial charge < -0.3 is 34.2 Å². The van der Waals surface area contributed by atoms with Gasteiger partial charge in [-0.2, -0.15) is 0 Å². The molecule has 0 heterocycles. The summed E-state index contributed by atoms with van der Waals surface area (Å²) in [5.41, 5.74) is 0. The van der Waals surface area contributed by atoms with Crippen molar-refractivity contribution in [1.82, 2.24) is 12.3 Å². The number of hydrogen-bond donors (Lipinski definition) is 2. The fourth-order valence-electron chi connectivity index (χ4n) is 0.102. The standard InChI is InChI=1S/2Mo.2H3N.4H2O.7O/h;;2*1H3;4*1H2;;;;;;;/q;;;;;;;;;;;;;2*-1/p+2. The van der Waals surface area contributed by atoms with E-state index < -0.39 is 33.5 Å². The molecule has 0 aliphatic heterocycles. The molecule has 0 unspecified atom stereocenters. The van der Waals surface area contributed by atoms with Crippen LogP contribution in [0.3, 0.4) is 0 Å². The minimum absolute atomic E-state index is 0. The van der Waals surface area contributed by atoms with Crippen LogP contribution in [0.25, 0.3) is 0 Å². The first-order valence-electron chi connectivity index (χ1n) is 1.33. The van der Waals surface area contributed by atoms with E-state index in [4.69, 9.17) is 0 Å². The Balaban J connectivity index is -0.0000000213. The Morgan fingerprint density at radius 2 is 0.800 bits per heavy atom. The van der Waals surface area contributed by atoms with E-state index in [0.717, 1.165) is 0 Å². The van der Waals surface area contributed by atoms with Gasteiger partial charge >= 0.3 is 56.6 Å². The van der Waals surface area contributed by atoms with Gasteiger partial charge in [0.1, 0.15) is 0 Å². The summed E-state index contributed by atoms with van der Waals surface area (Å²) >= 11 is -12.7. The molecule has 0 radical (unpaired) electrons. The monoisotopic (exact) mass is 416 g/mol. The molecule has 0 saturated heterocycles. The first-order valence-corrected chi connectivity index (χ1v) is 7.89. The molecular weight excluding hydrogens is 396 g/mol. The zero-order chi connectivity index (χ0) is 7.71. The number of rotatable bonds is 2. The zero-order valence-corrected chi connectivity index (χ0v) is 11.7. The summed E-state index contributed by atoms with van der Waals surface area (Å²) in [6, 6.07) is 0. The Hall–Kier alpha value is 0.217. The molecule has 0 saturated carbocycles. The van der Waals surface area contributed by atoms with Crippen molar-refractivity contribution in [2.75, 3.05) is 0 Å². The van der Waals surface area contributed by atoms with Crippen LogP contribution < -0.4 is 19.8 Å². The van der Waals surface area contributed by atoms with Gasteiger partial charge in [-0.1, -0.05) is 0 Å². The molecule has 0 amide bonds. The normalized spacial score (nSPS) is 8.13. The molecule has 0 aliphatic carbocycles. The Morgan fingerprint density at radius 1 is 0.667 bits per heavy atom. The Bertz CT molecular complexity index is 242. The first kappa shape index (κ1) is 45.6. The molecule has 15 heavy (non-hydrogen) atoms. The van der Waals surface area contributed by atoms with Gasteiger partial charge in [-0.3, -0.25) is 0 Å². The molecule has 0 bridgehead atoms. The number of quaternary nitrogens is 2. The van der Waals surface area contributed by atoms with E-state index in [-0.39, 0.29) is 34.2 Å².